The predicted molar refractivity (Wildman–Crippen MR) is 122 cm³/mol. The topological polar surface area (TPSA) is 62.3 Å². The number of halogens is 3. The number of hydrogen-bond acceptors (Lipinski definition) is 3. The molecule has 1 aromatic heterocycles. The van der Waals surface area contributed by atoms with E-state index >= 15 is 0 Å². The molecule has 170 valence electrons. The summed E-state index contributed by atoms with van der Waals surface area (Å²) in [5.74, 6) is 0.153. The molecule has 1 unspecified atom stereocenters. The normalized spacial score (nSPS) is 12.6. The van der Waals surface area contributed by atoms with Crippen LogP contribution in [0.4, 0.5) is 13.2 Å². The molecule has 1 heterocycles. The van der Waals surface area contributed by atoms with E-state index in [4.69, 9.17) is 9.84 Å². The number of aromatic nitrogens is 1. The van der Waals surface area contributed by atoms with E-state index in [1.807, 2.05) is 36.4 Å². The quantitative estimate of drug-likeness (QED) is 0.285. The highest BCUT2D eigenvalue weighted by atomic mass is 32.2. The number of thioether (sulfide) groups is 1. The van der Waals surface area contributed by atoms with Crippen molar-refractivity contribution in [1.82, 2.24) is 4.98 Å². The van der Waals surface area contributed by atoms with Crippen molar-refractivity contribution in [2.45, 2.75) is 29.9 Å². The fourth-order valence-electron chi connectivity index (χ4n) is 3.37. The van der Waals surface area contributed by atoms with E-state index in [2.05, 4.69) is 4.98 Å². The van der Waals surface area contributed by atoms with Gasteiger partial charge in [0.2, 0.25) is 0 Å². The Morgan fingerprint density at radius 3 is 2.39 bits per heavy atom. The van der Waals surface area contributed by atoms with E-state index in [0.29, 0.717) is 17.1 Å². The Bertz CT molecular complexity index is 1270. The van der Waals surface area contributed by atoms with E-state index in [1.54, 1.807) is 23.9 Å². The molecular formula is C25H20F3NO3S. The molecule has 0 amide bonds. The van der Waals surface area contributed by atoms with E-state index in [-0.39, 0.29) is 0 Å². The standard InChI is InChI=1S/C25H20F3NO3S/c1-15(24(30)31)32-19-9-11-20(12-10-19)33-14-17-3-2-4-22-21(17)13-23(29-22)16-5-7-18(8-6-16)25(26,27)28/h2-13,15,29H,14H2,1H3,(H,30,31). The van der Waals surface area contributed by atoms with Crippen LogP contribution in [-0.2, 0) is 16.7 Å². The molecule has 0 spiro atoms. The highest BCUT2D eigenvalue weighted by Gasteiger charge is 2.30. The molecule has 4 aromatic rings. The van der Waals surface area contributed by atoms with Gasteiger partial charge in [-0.1, -0.05) is 24.3 Å². The van der Waals surface area contributed by atoms with Crippen LogP contribution >= 0.6 is 11.8 Å². The van der Waals surface area contributed by atoms with Crippen LogP contribution in [0.3, 0.4) is 0 Å². The lowest BCUT2D eigenvalue weighted by molar-refractivity contribution is -0.144. The fraction of sp³-hybridized carbons (Fsp3) is 0.160. The average Bonchev–Trinajstić information content (AvgIpc) is 3.23. The van der Waals surface area contributed by atoms with Gasteiger partial charge < -0.3 is 14.8 Å². The number of hydrogen-bond donors (Lipinski definition) is 2. The minimum atomic E-state index is -4.36. The number of nitrogens with one attached hydrogen (secondary N) is 1. The molecular weight excluding hydrogens is 451 g/mol. The molecule has 4 rings (SSSR count). The summed E-state index contributed by atoms with van der Waals surface area (Å²) in [5, 5.41) is 9.95. The van der Waals surface area contributed by atoms with Crippen LogP contribution < -0.4 is 4.74 Å². The number of ether oxygens (including phenoxy) is 1. The monoisotopic (exact) mass is 471 g/mol. The van der Waals surface area contributed by atoms with Crippen LogP contribution in [0.2, 0.25) is 0 Å². The second kappa shape index (κ2) is 9.23. The number of alkyl halides is 3. The zero-order valence-electron chi connectivity index (χ0n) is 17.5. The third-order valence-corrected chi connectivity index (χ3v) is 6.22. The Morgan fingerprint density at radius 2 is 1.76 bits per heavy atom. The van der Waals surface area contributed by atoms with Crippen molar-refractivity contribution in [3.63, 3.8) is 0 Å². The van der Waals surface area contributed by atoms with Crippen LogP contribution in [0, 0.1) is 0 Å². The van der Waals surface area contributed by atoms with E-state index in [1.165, 1.54) is 19.1 Å². The van der Waals surface area contributed by atoms with Gasteiger partial charge in [0.1, 0.15) is 5.75 Å². The molecule has 1 atom stereocenters. The maximum atomic E-state index is 12.8. The largest absolute Gasteiger partial charge is 0.479 e. The van der Waals surface area contributed by atoms with E-state index in [9.17, 15) is 18.0 Å². The summed E-state index contributed by atoms with van der Waals surface area (Å²) in [4.78, 5) is 15.2. The maximum Gasteiger partial charge on any atom is 0.416 e. The average molecular weight is 472 g/mol. The van der Waals surface area contributed by atoms with Crippen LogP contribution in [0.5, 0.6) is 5.75 Å². The second-order valence-electron chi connectivity index (χ2n) is 7.49. The molecule has 0 bridgehead atoms. The lowest BCUT2D eigenvalue weighted by Gasteiger charge is -2.10. The lowest BCUT2D eigenvalue weighted by atomic mass is 10.1. The third kappa shape index (κ3) is 5.34. The smallest absolute Gasteiger partial charge is 0.416 e. The van der Waals surface area contributed by atoms with Gasteiger partial charge in [0, 0.05) is 27.2 Å². The lowest BCUT2D eigenvalue weighted by Crippen LogP contribution is -2.22. The molecule has 0 aliphatic heterocycles. The molecule has 0 fully saturated rings. The number of benzene rings is 3. The summed E-state index contributed by atoms with van der Waals surface area (Å²) in [6.45, 7) is 1.47. The molecule has 3 aromatic carbocycles. The van der Waals surface area contributed by atoms with Gasteiger partial charge >= 0.3 is 12.1 Å². The number of carboxylic acids is 1. The van der Waals surface area contributed by atoms with Crippen molar-refractivity contribution in [3.05, 3.63) is 83.9 Å². The number of H-pyrrole nitrogens is 1. The Labute approximate surface area is 192 Å². The van der Waals surface area contributed by atoms with Crippen LogP contribution in [0.15, 0.2) is 77.7 Å². The number of aromatic amines is 1. The molecule has 0 aliphatic rings. The second-order valence-corrected chi connectivity index (χ2v) is 8.54. The van der Waals surface area contributed by atoms with Gasteiger partial charge in [-0.15, -0.1) is 11.8 Å². The van der Waals surface area contributed by atoms with Crippen molar-refractivity contribution in [2.75, 3.05) is 0 Å². The Hall–Kier alpha value is -3.39. The van der Waals surface area contributed by atoms with Gasteiger partial charge in [-0.2, -0.15) is 13.2 Å². The van der Waals surface area contributed by atoms with Crippen LogP contribution in [0.1, 0.15) is 18.1 Å². The van der Waals surface area contributed by atoms with Gasteiger partial charge in [0.15, 0.2) is 6.10 Å². The minimum Gasteiger partial charge on any atom is -0.479 e. The first-order chi connectivity index (χ1) is 15.7. The maximum absolute atomic E-state index is 12.8. The zero-order chi connectivity index (χ0) is 23.6. The molecule has 2 N–H and O–H groups in total. The molecule has 4 nitrogen and oxygen atoms in total. The Balaban J connectivity index is 1.49. The van der Waals surface area contributed by atoms with Crippen molar-refractivity contribution in [1.29, 1.82) is 0 Å². The highest BCUT2D eigenvalue weighted by Crippen LogP contribution is 2.33. The van der Waals surface area contributed by atoms with E-state index in [0.717, 1.165) is 39.2 Å². The number of fused-ring (bicyclic) bond motifs is 1. The van der Waals surface area contributed by atoms with Crippen molar-refractivity contribution < 1.29 is 27.8 Å². The van der Waals surface area contributed by atoms with Crippen LogP contribution in [0.25, 0.3) is 22.2 Å². The Kier molecular flexibility index (Phi) is 6.37. The molecule has 33 heavy (non-hydrogen) atoms. The van der Waals surface area contributed by atoms with Crippen molar-refractivity contribution >= 4 is 28.6 Å². The van der Waals surface area contributed by atoms with E-state index < -0.39 is 23.8 Å². The first-order valence-corrected chi connectivity index (χ1v) is 11.1. The van der Waals surface area contributed by atoms with Crippen molar-refractivity contribution in [3.8, 4) is 17.0 Å². The highest BCUT2D eigenvalue weighted by molar-refractivity contribution is 7.98. The zero-order valence-corrected chi connectivity index (χ0v) is 18.3. The van der Waals surface area contributed by atoms with Gasteiger partial charge in [-0.05, 0) is 66.6 Å². The van der Waals surface area contributed by atoms with Crippen LogP contribution in [-0.4, -0.2) is 22.2 Å². The number of aliphatic carboxylic acids is 1. The van der Waals surface area contributed by atoms with Gasteiger partial charge in [-0.3, -0.25) is 0 Å². The molecule has 0 saturated carbocycles. The third-order valence-electron chi connectivity index (χ3n) is 5.16. The van der Waals surface area contributed by atoms with Gasteiger partial charge in [0.05, 0.1) is 5.56 Å². The predicted octanol–water partition coefficient (Wildman–Crippen LogP) is 7.00. The van der Waals surface area contributed by atoms with Crippen molar-refractivity contribution in [2.24, 2.45) is 0 Å². The summed E-state index contributed by atoms with van der Waals surface area (Å²) < 4.78 is 43.9. The molecule has 0 saturated heterocycles. The van der Waals surface area contributed by atoms with Gasteiger partial charge in [-0.25, -0.2) is 4.79 Å². The number of rotatable bonds is 7. The summed E-state index contributed by atoms with van der Waals surface area (Å²) >= 11 is 1.62. The summed E-state index contributed by atoms with van der Waals surface area (Å²) in [6.07, 6.45) is -5.28. The fourth-order valence-corrected chi connectivity index (χ4v) is 4.27. The first kappa shape index (κ1) is 22.8. The summed E-state index contributed by atoms with van der Waals surface area (Å²) in [7, 11) is 0. The van der Waals surface area contributed by atoms with Gasteiger partial charge in [0.25, 0.3) is 0 Å². The number of carbonyl (C=O) groups is 1. The summed E-state index contributed by atoms with van der Waals surface area (Å²) in [6, 6.07) is 20.2. The molecule has 8 heteroatoms. The number of carboxylic acid groups (broad SMARTS) is 1. The Morgan fingerprint density at radius 1 is 1.06 bits per heavy atom. The summed E-state index contributed by atoms with van der Waals surface area (Å²) in [5.41, 5.74) is 2.77. The first-order valence-electron chi connectivity index (χ1n) is 10.1. The molecule has 0 aliphatic carbocycles. The minimum absolute atomic E-state index is 0.489. The molecule has 0 radical (unpaired) electrons. The SMILES string of the molecule is CC(Oc1ccc(SCc2cccc3[nH]c(-c4ccc(C(F)(F)F)cc4)cc23)cc1)C(=O)O.